The van der Waals surface area contributed by atoms with Gasteiger partial charge in [-0.1, -0.05) is 18.2 Å². The van der Waals surface area contributed by atoms with Gasteiger partial charge >= 0.3 is 6.01 Å². The number of rotatable bonds is 9. The lowest BCUT2D eigenvalue weighted by Crippen LogP contribution is -2.12. The molecule has 0 unspecified atom stereocenters. The number of nitrogens with zero attached hydrogens (tertiary/aromatic N) is 3. The molecule has 5 rings (SSSR count). The van der Waals surface area contributed by atoms with Crippen LogP contribution in [0.1, 0.15) is 15.9 Å². The summed E-state index contributed by atoms with van der Waals surface area (Å²) in [5, 5.41) is 7.46. The Hall–Kier alpha value is -5.18. The molecule has 0 radical (unpaired) electrons. The van der Waals surface area contributed by atoms with Crippen LogP contribution in [-0.2, 0) is 6.61 Å². The van der Waals surface area contributed by atoms with Gasteiger partial charge in [0, 0.05) is 16.8 Å². The third-order valence-electron chi connectivity index (χ3n) is 5.92. The van der Waals surface area contributed by atoms with Crippen molar-refractivity contribution in [2.75, 3.05) is 19.5 Å². The average molecular weight is 525 g/mol. The number of methoxy groups -OCH3 is 2. The largest absolute Gasteiger partial charge is 0.497 e. The minimum absolute atomic E-state index is 0.167. The Morgan fingerprint density at radius 1 is 0.872 bits per heavy atom. The van der Waals surface area contributed by atoms with E-state index >= 15 is 0 Å². The lowest BCUT2D eigenvalue weighted by atomic mass is 10.2. The predicted molar refractivity (Wildman–Crippen MR) is 145 cm³/mol. The number of carbonyl (C=O) groups excluding carboxylic acids is 1. The summed E-state index contributed by atoms with van der Waals surface area (Å²) in [5.74, 6) is 1.31. The van der Waals surface area contributed by atoms with Crippen molar-refractivity contribution in [3.8, 4) is 34.6 Å². The Bertz CT molecular complexity index is 1570. The lowest BCUT2D eigenvalue weighted by molar-refractivity contribution is 0.102. The van der Waals surface area contributed by atoms with E-state index in [1.165, 1.54) is 12.1 Å². The van der Waals surface area contributed by atoms with Crippen molar-refractivity contribution < 1.29 is 23.4 Å². The molecule has 196 valence electrons. The highest BCUT2D eigenvalue weighted by molar-refractivity contribution is 6.04. The van der Waals surface area contributed by atoms with Crippen molar-refractivity contribution in [3.63, 3.8) is 0 Å². The van der Waals surface area contributed by atoms with E-state index in [2.05, 4.69) is 15.4 Å². The number of aromatic nitrogens is 3. The van der Waals surface area contributed by atoms with Gasteiger partial charge < -0.3 is 19.5 Å². The molecule has 1 amide bonds. The van der Waals surface area contributed by atoms with Crippen molar-refractivity contribution in [2.24, 2.45) is 0 Å². The molecule has 4 aromatic carbocycles. The second kappa shape index (κ2) is 11.5. The molecule has 0 aliphatic heterocycles. The number of halogens is 1. The van der Waals surface area contributed by atoms with Crippen LogP contribution in [-0.4, -0.2) is 34.9 Å². The second-order valence-corrected chi connectivity index (χ2v) is 8.51. The summed E-state index contributed by atoms with van der Waals surface area (Å²) in [4.78, 5) is 17.3. The van der Waals surface area contributed by atoms with E-state index in [0.29, 0.717) is 34.3 Å². The van der Waals surface area contributed by atoms with E-state index in [1.807, 2.05) is 36.4 Å². The Labute approximate surface area is 224 Å². The van der Waals surface area contributed by atoms with Gasteiger partial charge in [0.15, 0.2) is 5.82 Å². The molecular weight excluding hydrogens is 499 g/mol. The summed E-state index contributed by atoms with van der Waals surface area (Å²) in [5.41, 5.74) is 3.40. The molecule has 5 aromatic rings. The maximum absolute atomic E-state index is 13.2. The van der Waals surface area contributed by atoms with Gasteiger partial charge in [-0.05, 0) is 84.4 Å². The zero-order valence-corrected chi connectivity index (χ0v) is 21.3. The fourth-order valence-electron chi connectivity index (χ4n) is 3.84. The number of hydrogen-bond donors (Lipinski definition) is 1. The number of hydrogen-bond acceptors (Lipinski definition) is 6. The monoisotopic (exact) mass is 524 g/mol. The normalized spacial score (nSPS) is 10.6. The van der Waals surface area contributed by atoms with Crippen molar-refractivity contribution in [1.82, 2.24) is 14.8 Å². The molecular formula is C30H25FN4O4. The van der Waals surface area contributed by atoms with E-state index in [9.17, 15) is 9.18 Å². The molecule has 0 saturated carbocycles. The molecule has 1 N–H and O–H groups in total. The van der Waals surface area contributed by atoms with Crippen LogP contribution in [0.2, 0.25) is 0 Å². The van der Waals surface area contributed by atoms with E-state index in [-0.39, 0.29) is 24.3 Å². The van der Waals surface area contributed by atoms with E-state index < -0.39 is 0 Å². The standard InChI is InChI=1S/C30H25FN4O4/c1-37-26-16-8-21(9-17-26)28-33-30(39-19-20-6-10-23(31)11-7-20)34-35(28)25-14-12-24(13-15-25)32-29(36)22-4-3-5-27(18-22)38-2/h3-18H,19H2,1-2H3,(H,32,36). The first kappa shape index (κ1) is 25.5. The third kappa shape index (κ3) is 6.04. The summed E-state index contributed by atoms with van der Waals surface area (Å²) < 4.78 is 31.2. The van der Waals surface area contributed by atoms with Crippen LogP contribution in [0.25, 0.3) is 17.1 Å². The minimum Gasteiger partial charge on any atom is -0.497 e. The number of nitrogens with one attached hydrogen (secondary N) is 1. The first-order chi connectivity index (χ1) is 19.0. The predicted octanol–water partition coefficient (Wildman–Crippen LogP) is 5.92. The van der Waals surface area contributed by atoms with Gasteiger partial charge in [-0.25, -0.2) is 9.07 Å². The summed E-state index contributed by atoms with van der Waals surface area (Å²) >= 11 is 0. The molecule has 0 fully saturated rings. The molecule has 0 spiro atoms. The van der Waals surface area contributed by atoms with Crippen molar-refractivity contribution in [3.05, 3.63) is 114 Å². The van der Waals surface area contributed by atoms with Gasteiger partial charge in [0.2, 0.25) is 0 Å². The SMILES string of the molecule is COc1ccc(-c2nc(OCc3ccc(F)cc3)nn2-c2ccc(NC(=O)c3cccc(OC)c3)cc2)cc1. The number of benzene rings is 4. The van der Waals surface area contributed by atoms with Crippen LogP contribution in [0.3, 0.4) is 0 Å². The van der Waals surface area contributed by atoms with E-state index in [0.717, 1.165) is 11.1 Å². The molecule has 39 heavy (non-hydrogen) atoms. The van der Waals surface area contributed by atoms with Gasteiger partial charge in [0.25, 0.3) is 5.91 Å². The van der Waals surface area contributed by atoms with Crippen LogP contribution < -0.4 is 19.5 Å². The van der Waals surface area contributed by atoms with E-state index in [4.69, 9.17) is 14.2 Å². The van der Waals surface area contributed by atoms with E-state index in [1.54, 1.807) is 67.4 Å². The van der Waals surface area contributed by atoms with Crippen molar-refractivity contribution in [2.45, 2.75) is 6.61 Å². The molecule has 8 nitrogen and oxygen atoms in total. The summed E-state index contributed by atoms with van der Waals surface area (Å²) in [6, 6.07) is 27.8. The fourth-order valence-corrected chi connectivity index (χ4v) is 3.84. The van der Waals surface area contributed by atoms with Gasteiger partial charge in [-0.15, -0.1) is 5.10 Å². The van der Waals surface area contributed by atoms with Crippen molar-refractivity contribution >= 4 is 11.6 Å². The Morgan fingerprint density at radius 2 is 1.59 bits per heavy atom. The molecule has 9 heteroatoms. The minimum atomic E-state index is -0.314. The molecule has 1 heterocycles. The molecule has 1 aromatic heterocycles. The fraction of sp³-hybridized carbons (Fsp3) is 0.100. The molecule has 0 saturated heterocycles. The van der Waals surface area contributed by atoms with Gasteiger partial charge in [-0.2, -0.15) is 4.98 Å². The van der Waals surface area contributed by atoms with Crippen LogP contribution in [0, 0.1) is 5.82 Å². The highest BCUT2D eigenvalue weighted by atomic mass is 19.1. The van der Waals surface area contributed by atoms with Crippen LogP contribution >= 0.6 is 0 Å². The van der Waals surface area contributed by atoms with Gasteiger partial charge in [0.1, 0.15) is 23.9 Å². The maximum Gasteiger partial charge on any atom is 0.336 e. The Kier molecular flexibility index (Phi) is 7.49. The second-order valence-electron chi connectivity index (χ2n) is 8.51. The van der Waals surface area contributed by atoms with Crippen LogP contribution in [0.15, 0.2) is 97.1 Å². The summed E-state index contributed by atoms with van der Waals surface area (Å²) in [6.45, 7) is 0.182. The summed E-state index contributed by atoms with van der Waals surface area (Å²) in [6.07, 6.45) is 0. The van der Waals surface area contributed by atoms with Crippen molar-refractivity contribution in [1.29, 1.82) is 0 Å². The van der Waals surface area contributed by atoms with Gasteiger partial charge in [0.05, 0.1) is 19.9 Å². The quantitative estimate of drug-likeness (QED) is 0.258. The number of anilines is 1. The molecule has 0 aliphatic rings. The Balaban J connectivity index is 1.40. The maximum atomic E-state index is 13.2. The lowest BCUT2D eigenvalue weighted by Gasteiger charge is -2.09. The molecule has 0 bridgehead atoms. The topological polar surface area (TPSA) is 87.5 Å². The summed E-state index contributed by atoms with van der Waals surface area (Å²) in [7, 11) is 3.16. The third-order valence-corrected chi connectivity index (χ3v) is 5.92. The highest BCUT2D eigenvalue weighted by Crippen LogP contribution is 2.27. The Morgan fingerprint density at radius 3 is 2.28 bits per heavy atom. The molecule has 0 atom stereocenters. The highest BCUT2D eigenvalue weighted by Gasteiger charge is 2.16. The smallest absolute Gasteiger partial charge is 0.336 e. The first-order valence-corrected chi connectivity index (χ1v) is 12.1. The zero-order chi connectivity index (χ0) is 27.2. The van der Waals surface area contributed by atoms with Crippen LogP contribution in [0.5, 0.6) is 17.5 Å². The average Bonchev–Trinajstić information content (AvgIpc) is 3.41. The number of carbonyl (C=O) groups is 1. The zero-order valence-electron chi connectivity index (χ0n) is 21.3. The van der Waals surface area contributed by atoms with Crippen LogP contribution in [0.4, 0.5) is 10.1 Å². The number of ether oxygens (including phenoxy) is 3. The first-order valence-electron chi connectivity index (χ1n) is 12.1. The van der Waals surface area contributed by atoms with Gasteiger partial charge in [-0.3, -0.25) is 4.79 Å². The number of amides is 1. The molecule has 0 aliphatic carbocycles.